The number of hydrogen-bond acceptors (Lipinski definition) is 0. The predicted octanol–water partition coefficient (Wildman–Crippen LogP) is 1.23. The molecule has 0 bridgehead atoms. The summed E-state index contributed by atoms with van der Waals surface area (Å²) in [6.45, 7) is 4.54. The van der Waals surface area contributed by atoms with E-state index in [1.165, 1.54) is 33.4 Å². The largest absolute Gasteiger partial charge is 1.00 e. The van der Waals surface area contributed by atoms with Gasteiger partial charge in [-0.15, -0.1) is 0 Å². The van der Waals surface area contributed by atoms with E-state index in [-0.39, 0.29) is 24.8 Å². The Labute approximate surface area is 208 Å². The molecular formula is C28H22Cl2Zr. The molecule has 0 heterocycles. The van der Waals surface area contributed by atoms with Crippen LogP contribution in [0.15, 0.2) is 84.9 Å². The van der Waals surface area contributed by atoms with E-state index < -0.39 is 23.2 Å². The van der Waals surface area contributed by atoms with E-state index in [0.29, 0.717) is 7.25 Å². The van der Waals surface area contributed by atoms with Crippen molar-refractivity contribution in [2.75, 3.05) is 0 Å². The van der Waals surface area contributed by atoms with Crippen LogP contribution in [0.1, 0.15) is 40.6 Å². The van der Waals surface area contributed by atoms with Crippen molar-refractivity contribution in [1.82, 2.24) is 0 Å². The first-order valence-electron chi connectivity index (χ1n) is 10.4. The van der Waals surface area contributed by atoms with Crippen LogP contribution < -0.4 is 24.8 Å². The average Bonchev–Trinajstić information content (AvgIpc) is 3.24. The Morgan fingerprint density at radius 1 is 0.484 bits per heavy atom. The zero-order valence-electron chi connectivity index (χ0n) is 17.5. The first-order chi connectivity index (χ1) is 14.2. The first-order valence-corrected chi connectivity index (χ1v) is 13.2. The molecule has 0 fully saturated rings. The molecule has 2 aliphatic rings. The van der Waals surface area contributed by atoms with Gasteiger partial charge >= 0.3 is 185 Å². The minimum atomic E-state index is -0.867. The van der Waals surface area contributed by atoms with Crippen molar-refractivity contribution in [3.8, 4) is 22.3 Å². The van der Waals surface area contributed by atoms with Gasteiger partial charge in [-0.3, -0.25) is 0 Å². The Kier molecular flexibility index (Phi) is 6.33. The number of rotatable bonds is 2. The Morgan fingerprint density at radius 2 is 0.871 bits per heavy atom. The second kappa shape index (κ2) is 8.70. The quantitative estimate of drug-likeness (QED) is 0.373. The number of halogens is 2. The summed E-state index contributed by atoms with van der Waals surface area (Å²) in [5.41, 5.74) is 15.1. The van der Waals surface area contributed by atoms with E-state index in [4.69, 9.17) is 0 Å². The van der Waals surface area contributed by atoms with Crippen LogP contribution in [0.3, 0.4) is 0 Å². The van der Waals surface area contributed by atoms with Gasteiger partial charge in [-0.05, 0) is 0 Å². The van der Waals surface area contributed by atoms with Crippen molar-refractivity contribution in [2.45, 2.75) is 21.1 Å². The van der Waals surface area contributed by atoms with Crippen LogP contribution in [-0.2, 0) is 23.2 Å². The standard InChI is InChI=1S/2C14H11.2ClH.Zr/c2*1-10-5-4-7-12-9-11-6-2-3-8-13(11)14(10)12;;;/h2*2-9H,1H3;2*1H;/q;;;;+2/p-2. The van der Waals surface area contributed by atoms with Crippen molar-refractivity contribution in [3.05, 3.63) is 118 Å². The zero-order valence-corrected chi connectivity index (χ0v) is 21.5. The topological polar surface area (TPSA) is 0 Å². The van der Waals surface area contributed by atoms with Gasteiger partial charge in [0, 0.05) is 0 Å². The summed E-state index contributed by atoms with van der Waals surface area (Å²) in [7, 11) is 0. The fourth-order valence-electron chi connectivity index (χ4n) is 5.41. The van der Waals surface area contributed by atoms with Crippen LogP contribution in [-0.4, -0.2) is 0 Å². The van der Waals surface area contributed by atoms with Gasteiger partial charge in [-0.2, -0.15) is 0 Å². The molecule has 31 heavy (non-hydrogen) atoms. The third kappa shape index (κ3) is 3.37. The monoisotopic (exact) mass is 518 g/mol. The summed E-state index contributed by atoms with van der Waals surface area (Å²) in [4.78, 5) is 0. The maximum Gasteiger partial charge on any atom is -1.00 e. The van der Waals surface area contributed by atoms with Crippen molar-refractivity contribution < 1.29 is 48.0 Å². The molecule has 0 amide bonds. The number of hydrogen-bond donors (Lipinski definition) is 0. The molecule has 4 aromatic carbocycles. The van der Waals surface area contributed by atoms with Crippen LogP contribution >= 0.6 is 0 Å². The second-order valence-corrected chi connectivity index (χ2v) is 11.9. The molecule has 0 aromatic heterocycles. The molecule has 2 aliphatic carbocycles. The zero-order chi connectivity index (χ0) is 19.5. The summed E-state index contributed by atoms with van der Waals surface area (Å²) in [5, 5.41) is 0. The number of aryl methyl sites for hydroxylation is 2. The Hall–Kier alpha value is -1.66. The molecule has 0 aliphatic heterocycles. The van der Waals surface area contributed by atoms with Crippen LogP contribution in [0.2, 0.25) is 0 Å². The van der Waals surface area contributed by atoms with Gasteiger partial charge in [0.15, 0.2) is 0 Å². The maximum atomic E-state index is 2.39. The van der Waals surface area contributed by atoms with Crippen LogP contribution in [0.25, 0.3) is 22.3 Å². The molecular weight excluding hydrogens is 498 g/mol. The molecule has 0 N–H and O–H groups in total. The minimum Gasteiger partial charge on any atom is -1.00 e. The molecule has 2 atom stereocenters. The van der Waals surface area contributed by atoms with E-state index in [9.17, 15) is 0 Å². The van der Waals surface area contributed by atoms with Gasteiger partial charge < -0.3 is 24.8 Å². The van der Waals surface area contributed by atoms with Crippen LogP contribution in [0.5, 0.6) is 0 Å². The molecule has 0 saturated heterocycles. The normalized spacial score (nSPS) is 16.7. The third-order valence-electron chi connectivity index (χ3n) is 6.65. The van der Waals surface area contributed by atoms with E-state index >= 15 is 0 Å². The van der Waals surface area contributed by atoms with Gasteiger partial charge in [0.2, 0.25) is 0 Å². The molecule has 0 radical (unpaired) electrons. The smallest absolute Gasteiger partial charge is 1.00 e. The van der Waals surface area contributed by atoms with Crippen molar-refractivity contribution in [3.63, 3.8) is 0 Å². The summed E-state index contributed by atoms with van der Waals surface area (Å²) in [5.74, 6) is 0. The second-order valence-electron chi connectivity index (χ2n) is 8.29. The van der Waals surface area contributed by atoms with Gasteiger partial charge in [-0.1, -0.05) is 0 Å². The van der Waals surface area contributed by atoms with E-state index in [1.807, 2.05) is 0 Å². The van der Waals surface area contributed by atoms with Crippen molar-refractivity contribution >= 4 is 0 Å². The summed E-state index contributed by atoms with van der Waals surface area (Å²) in [6, 6.07) is 32.1. The van der Waals surface area contributed by atoms with Gasteiger partial charge in [0.05, 0.1) is 0 Å². The van der Waals surface area contributed by atoms with Crippen LogP contribution in [0, 0.1) is 13.8 Å². The first kappa shape index (κ1) is 22.5. The number of benzene rings is 4. The average molecular weight is 521 g/mol. The van der Waals surface area contributed by atoms with Gasteiger partial charge in [-0.25, -0.2) is 0 Å². The van der Waals surface area contributed by atoms with Crippen molar-refractivity contribution in [2.24, 2.45) is 0 Å². The van der Waals surface area contributed by atoms with E-state index in [2.05, 4.69) is 98.8 Å². The minimum absolute atomic E-state index is 0. The predicted molar refractivity (Wildman–Crippen MR) is 117 cm³/mol. The maximum absolute atomic E-state index is 2.39. The Morgan fingerprint density at radius 3 is 1.32 bits per heavy atom. The molecule has 2 unspecified atom stereocenters. The van der Waals surface area contributed by atoms with Crippen LogP contribution in [0.4, 0.5) is 0 Å². The molecule has 3 heteroatoms. The van der Waals surface area contributed by atoms with E-state index in [0.717, 1.165) is 0 Å². The molecule has 6 rings (SSSR count). The summed E-state index contributed by atoms with van der Waals surface area (Å²) >= 11 is -0.867. The molecule has 4 aromatic rings. The molecule has 0 saturated carbocycles. The fraction of sp³-hybridized carbons (Fsp3) is 0.143. The van der Waals surface area contributed by atoms with Gasteiger partial charge in [0.25, 0.3) is 0 Å². The number of fused-ring (bicyclic) bond motifs is 6. The van der Waals surface area contributed by atoms with E-state index in [1.54, 1.807) is 22.3 Å². The molecule has 0 nitrogen and oxygen atoms in total. The fourth-order valence-corrected chi connectivity index (χ4v) is 10.4. The Bertz CT molecular complexity index is 1180. The molecule has 152 valence electrons. The SMILES string of the molecule is Cc1cccc2c1-c1ccccc1[CH]2[Zr+2][CH]1c2ccccc2-c2c(C)cccc21.[Cl-].[Cl-]. The Balaban J connectivity index is 0.00000116. The summed E-state index contributed by atoms with van der Waals surface area (Å²) in [6.07, 6.45) is 0. The van der Waals surface area contributed by atoms with Gasteiger partial charge in [0.1, 0.15) is 0 Å². The summed E-state index contributed by atoms with van der Waals surface area (Å²) < 4.78 is 1.24. The molecule has 0 spiro atoms. The van der Waals surface area contributed by atoms with Crippen molar-refractivity contribution in [1.29, 1.82) is 0 Å². The third-order valence-corrected chi connectivity index (χ3v) is 11.3.